The van der Waals surface area contributed by atoms with E-state index < -0.39 is 0 Å². The zero-order valence-electron chi connectivity index (χ0n) is 11.9. The fourth-order valence-electron chi connectivity index (χ4n) is 2.30. The Bertz CT molecular complexity index is 449. The quantitative estimate of drug-likeness (QED) is 0.741. The lowest BCUT2D eigenvalue weighted by Gasteiger charge is -2.20. The molecule has 5 heteroatoms. The fraction of sp³-hybridized carbons (Fsp3) is 0.533. The zero-order chi connectivity index (χ0) is 14.2. The average molecular weight is 278 g/mol. The van der Waals surface area contributed by atoms with Gasteiger partial charge in [0, 0.05) is 31.5 Å². The summed E-state index contributed by atoms with van der Waals surface area (Å²) in [7, 11) is 1.64. The molecule has 1 aromatic rings. The lowest BCUT2D eigenvalue weighted by Crippen LogP contribution is -2.29. The van der Waals surface area contributed by atoms with Gasteiger partial charge in [-0.1, -0.05) is 6.07 Å². The molecule has 2 rings (SSSR count). The summed E-state index contributed by atoms with van der Waals surface area (Å²) in [5.74, 6) is -0.0270. The Morgan fingerprint density at radius 2 is 2.25 bits per heavy atom. The first-order valence-electron chi connectivity index (χ1n) is 7.03. The highest BCUT2D eigenvalue weighted by Crippen LogP contribution is 2.25. The van der Waals surface area contributed by atoms with E-state index in [0.717, 1.165) is 36.2 Å². The first kappa shape index (κ1) is 14.8. The second-order valence-electron chi connectivity index (χ2n) is 4.72. The molecule has 0 aromatic heterocycles. The largest absolute Gasteiger partial charge is 0.385 e. The molecule has 1 heterocycles. The third-order valence-corrected chi connectivity index (χ3v) is 3.30. The first-order valence-corrected chi connectivity index (χ1v) is 7.03. The molecule has 1 amide bonds. The van der Waals surface area contributed by atoms with Crippen LogP contribution >= 0.6 is 0 Å². The van der Waals surface area contributed by atoms with Crippen LogP contribution in [-0.4, -0.2) is 45.9 Å². The maximum atomic E-state index is 12.2. The van der Waals surface area contributed by atoms with Gasteiger partial charge in [-0.15, -0.1) is 0 Å². The first-order chi connectivity index (χ1) is 9.83. The van der Waals surface area contributed by atoms with Crippen LogP contribution in [0.4, 0.5) is 5.69 Å². The SMILES string of the molecule is COCCOCCNC(=O)c1cccc2c1CCCN2. The van der Waals surface area contributed by atoms with Crippen LogP contribution in [0.5, 0.6) is 0 Å². The van der Waals surface area contributed by atoms with E-state index in [1.165, 1.54) is 0 Å². The van der Waals surface area contributed by atoms with E-state index in [1.54, 1.807) is 7.11 Å². The lowest BCUT2D eigenvalue weighted by molar-refractivity contribution is 0.0692. The zero-order valence-corrected chi connectivity index (χ0v) is 11.9. The smallest absolute Gasteiger partial charge is 0.251 e. The van der Waals surface area contributed by atoms with Crippen molar-refractivity contribution in [3.05, 3.63) is 29.3 Å². The van der Waals surface area contributed by atoms with Crippen molar-refractivity contribution in [1.82, 2.24) is 5.32 Å². The van der Waals surface area contributed by atoms with Crippen molar-refractivity contribution in [2.45, 2.75) is 12.8 Å². The van der Waals surface area contributed by atoms with Gasteiger partial charge < -0.3 is 20.1 Å². The van der Waals surface area contributed by atoms with Gasteiger partial charge in [-0.25, -0.2) is 0 Å². The summed E-state index contributed by atoms with van der Waals surface area (Å²) < 4.78 is 10.2. The van der Waals surface area contributed by atoms with Gasteiger partial charge in [0.05, 0.1) is 19.8 Å². The molecule has 110 valence electrons. The van der Waals surface area contributed by atoms with Gasteiger partial charge >= 0.3 is 0 Å². The van der Waals surface area contributed by atoms with Gasteiger partial charge in [0.15, 0.2) is 0 Å². The van der Waals surface area contributed by atoms with Gasteiger partial charge in [-0.3, -0.25) is 4.79 Å². The number of benzene rings is 1. The van der Waals surface area contributed by atoms with Gasteiger partial charge in [0.25, 0.3) is 5.91 Å². The highest BCUT2D eigenvalue weighted by atomic mass is 16.5. The number of fused-ring (bicyclic) bond motifs is 1. The Morgan fingerprint density at radius 1 is 1.35 bits per heavy atom. The normalized spacial score (nSPS) is 13.4. The number of carbonyl (C=O) groups is 1. The molecule has 20 heavy (non-hydrogen) atoms. The Hall–Kier alpha value is -1.59. The van der Waals surface area contributed by atoms with Crippen molar-refractivity contribution in [3.63, 3.8) is 0 Å². The highest BCUT2D eigenvalue weighted by molar-refractivity contribution is 5.97. The van der Waals surface area contributed by atoms with Crippen molar-refractivity contribution < 1.29 is 14.3 Å². The van der Waals surface area contributed by atoms with E-state index in [4.69, 9.17) is 9.47 Å². The molecule has 0 fully saturated rings. The lowest BCUT2D eigenvalue weighted by atomic mass is 9.97. The second-order valence-corrected chi connectivity index (χ2v) is 4.72. The minimum atomic E-state index is -0.0270. The summed E-state index contributed by atoms with van der Waals surface area (Å²) in [6.45, 7) is 3.12. The second kappa shape index (κ2) is 7.87. The van der Waals surface area contributed by atoms with Crippen LogP contribution in [0.1, 0.15) is 22.3 Å². The number of rotatable bonds is 7. The molecule has 1 aromatic carbocycles. The Kier molecular flexibility index (Phi) is 5.83. The van der Waals surface area contributed by atoms with Crippen LogP contribution in [0.25, 0.3) is 0 Å². The summed E-state index contributed by atoms with van der Waals surface area (Å²) in [5, 5.41) is 6.22. The van der Waals surface area contributed by atoms with Crippen LogP contribution in [0.15, 0.2) is 18.2 Å². The summed E-state index contributed by atoms with van der Waals surface area (Å²) in [6, 6.07) is 5.83. The van der Waals surface area contributed by atoms with Crippen molar-refractivity contribution in [2.24, 2.45) is 0 Å². The molecule has 0 bridgehead atoms. The Balaban J connectivity index is 1.83. The van der Waals surface area contributed by atoms with E-state index in [9.17, 15) is 4.79 Å². The molecule has 5 nitrogen and oxygen atoms in total. The number of hydrogen-bond donors (Lipinski definition) is 2. The number of hydrogen-bond acceptors (Lipinski definition) is 4. The molecule has 2 N–H and O–H groups in total. The minimum Gasteiger partial charge on any atom is -0.385 e. The van der Waals surface area contributed by atoms with Crippen LogP contribution in [0.3, 0.4) is 0 Å². The number of anilines is 1. The summed E-state index contributed by atoms with van der Waals surface area (Å²) in [6.07, 6.45) is 2.02. The molecule has 0 saturated carbocycles. The molecule has 0 atom stereocenters. The van der Waals surface area contributed by atoms with Crippen LogP contribution < -0.4 is 10.6 Å². The Morgan fingerprint density at radius 3 is 3.10 bits per heavy atom. The third kappa shape index (κ3) is 3.95. The van der Waals surface area contributed by atoms with E-state index in [0.29, 0.717) is 26.4 Å². The van der Waals surface area contributed by atoms with Crippen molar-refractivity contribution >= 4 is 11.6 Å². The monoisotopic (exact) mass is 278 g/mol. The van der Waals surface area contributed by atoms with Gasteiger partial charge in [-0.05, 0) is 30.5 Å². The van der Waals surface area contributed by atoms with Gasteiger partial charge in [-0.2, -0.15) is 0 Å². The maximum absolute atomic E-state index is 12.2. The summed E-state index contributed by atoms with van der Waals surface area (Å²) in [4.78, 5) is 12.2. The molecule has 0 unspecified atom stereocenters. The third-order valence-electron chi connectivity index (χ3n) is 3.30. The topological polar surface area (TPSA) is 59.6 Å². The molecule has 0 saturated heterocycles. The van der Waals surface area contributed by atoms with E-state index in [-0.39, 0.29) is 5.91 Å². The van der Waals surface area contributed by atoms with E-state index in [1.807, 2.05) is 18.2 Å². The molecular weight excluding hydrogens is 256 g/mol. The van der Waals surface area contributed by atoms with Crippen LogP contribution in [0, 0.1) is 0 Å². The maximum Gasteiger partial charge on any atom is 0.251 e. The van der Waals surface area contributed by atoms with Gasteiger partial charge in [0.2, 0.25) is 0 Å². The number of ether oxygens (including phenoxy) is 2. The minimum absolute atomic E-state index is 0.0270. The molecule has 0 radical (unpaired) electrons. The molecule has 1 aliphatic rings. The standard InChI is InChI=1S/C15H22N2O3/c1-19-10-11-20-9-8-17-15(18)13-4-2-6-14-12(13)5-3-7-16-14/h2,4,6,16H,3,5,7-11H2,1H3,(H,17,18). The Labute approximate surface area is 119 Å². The van der Waals surface area contributed by atoms with Gasteiger partial charge in [0.1, 0.15) is 0 Å². The molecular formula is C15H22N2O3. The summed E-state index contributed by atoms with van der Waals surface area (Å²) in [5.41, 5.74) is 2.98. The molecule has 1 aliphatic heterocycles. The van der Waals surface area contributed by atoms with Crippen molar-refractivity contribution in [1.29, 1.82) is 0 Å². The molecule has 0 spiro atoms. The summed E-state index contributed by atoms with van der Waals surface area (Å²) >= 11 is 0. The predicted octanol–water partition coefficient (Wildman–Crippen LogP) is 1.44. The van der Waals surface area contributed by atoms with Crippen molar-refractivity contribution in [2.75, 3.05) is 45.3 Å². The number of amides is 1. The predicted molar refractivity (Wildman–Crippen MR) is 78.3 cm³/mol. The van der Waals surface area contributed by atoms with Crippen molar-refractivity contribution in [3.8, 4) is 0 Å². The number of methoxy groups -OCH3 is 1. The van der Waals surface area contributed by atoms with Crippen LogP contribution in [0.2, 0.25) is 0 Å². The highest BCUT2D eigenvalue weighted by Gasteiger charge is 2.16. The molecule has 0 aliphatic carbocycles. The average Bonchev–Trinajstić information content (AvgIpc) is 2.50. The van der Waals surface area contributed by atoms with Crippen LogP contribution in [-0.2, 0) is 15.9 Å². The number of carbonyl (C=O) groups excluding carboxylic acids is 1. The fourth-order valence-corrected chi connectivity index (χ4v) is 2.30. The van der Waals surface area contributed by atoms with E-state index >= 15 is 0 Å². The van der Waals surface area contributed by atoms with E-state index in [2.05, 4.69) is 10.6 Å². The number of nitrogens with one attached hydrogen (secondary N) is 2.